The van der Waals surface area contributed by atoms with Crippen molar-refractivity contribution in [3.63, 3.8) is 0 Å². The lowest BCUT2D eigenvalue weighted by atomic mass is 10.0. The zero-order valence-corrected chi connectivity index (χ0v) is 17.9. The molecule has 0 unspecified atom stereocenters. The topological polar surface area (TPSA) is 51.2 Å². The second-order valence-corrected chi connectivity index (χ2v) is 7.63. The van der Waals surface area contributed by atoms with E-state index in [0.717, 1.165) is 28.1 Å². The van der Waals surface area contributed by atoms with Crippen molar-refractivity contribution in [2.24, 2.45) is 0 Å². The first kappa shape index (κ1) is 20.6. The van der Waals surface area contributed by atoms with Gasteiger partial charge in [0.15, 0.2) is 5.13 Å². The summed E-state index contributed by atoms with van der Waals surface area (Å²) in [7, 11) is 0. The van der Waals surface area contributed by atoms with Crippen LogP contribution in [-0.4, -0.2) is 17.5 Å². The number of hydrogen-bond donors (Lipinski definition) is 1. The minimum absolute atomic E-state index is 0.230. The highest BCUT2D eigenvalue weighted by Crippen LogP contribution is 2.27. The Kier molecular flexibility index (Phi) is 6.55. The van der Waals surface area contributed by atoms with E-state index in [4.69, 9.17) is 4.74 Å². The molecule has 0 aliphatic heterocycles. The maximum absolute atomic E-state index is 12.3. The van der Waals surface area contributed by atoms with E-state index in [1.165, 1.54) is 23.0 Å². The summed E-state index contributed by atoms with van der Waals surface area (Å²) in [6.45, 7) is 2.51. The van der Waals surface area contributed by atoms with Crippen molar-refractivity contribution < 1.29 is 9.53 Å². The number of aromatic nitrogens is 1. The monoisotopic (exact) mass is 426 g/mol. The molecule has 154 valence electrons. The highest BCUT2D eigenvalue weighted by Gasteiger charge is 2.07. The van der Waals surface area contributed by atoms with Crippen molar-refractivity contribution in [2.75, 3.05) is 11.9 Å². The van der Waals surface area contributed by atoms with Gasteiger partial charge in [-0.05, 0) is 30.2 Å². The summed E-state index contributed by atoms with van der Waals surface area (Å²) in [6.07, 6.45) is 3.24. The number of hydrogen-bond acceptors (Lipinski definition) is 4. The van der Waals surface area contributed by atoms with Gasteiger partial charge < -0.3 is 4.74 Å². The van der Waals surface area contributed by atoms with Crippen LogP contribution in [-0.2, 0) is 4.79 Å². The maximum Gasteiger partial charge on any atom is 0.250 e. The van der Waals surface area contributed by atoms with Crippen LogP contribution in [0.5, 0.6) is 5.75 Å². The van der Waals surface area contributed by atoms with Gasteiger partial charge in [0.2, 0.25) is 5.91 Å². The molecule has 4 nitrogen and oxygen atoms in total. The number of amides is 1. The normalized spacial score (nSPS) is 10.9. The summed E-state index contributed by atoms with van der Waals surface area (Å²) in [4.78, 5) is 16.9. The van der Waals surface area contributed by atoms with Crippen LogP contribution in [0.15, 0.2) is 90.3 Å². The van der Waals surface area contributed by atoms with E-state index in [9.17, 15) is 4.79 Å². The minimum Gasteiger partial charge on any atom is -0.493 e. The lowest BCUT2D eigenvalue weighted by Crippen LogP contribution is -2.07. The van der Waals surface area contributed by atoms with Crippen LogP contribution >= 0.6 is 11.3 Å². The summed E-state index contributed by atoms with van der Waals surface area (Å²) in [6, 6.07) is 26.1. The van der Waals surface area contributed by atoms with E-state index >= 15 is 0 Å². The third kappa shape index (κ3) is 5.27. The third-order valence-corrected chi connectivity index (χ3v) is 5.41. The Labute approximate surface area is 185 Å². The molecule has 0 radical (unpaired) electrons. The van der Waals surface area contributed by atoms with Gasteiger partial charge in [-0.3, -0.25) is 10.1 Å². The molecule has 1 amide bonds. The Balaban J connectivity index is 1.42. The molecule has 0 spiro atoms. The van der Waals surface area contributed by atoms with Crippen molar-refractivity contribution >= 4 is 28.5 Å². The highest BCUT2D eigenvalue weighted by atomic mass is 32.1. The minimum atomic E-state index is -0.230. The van der Waals surface area contributed by atoms with Crippen molar-refractivity contribution in [1.29, 1.82) is 0 Å². The summed E-state index contributed by atoms with van der Waals surface area (Å²) in [5, 5.41) is 5.34. The summed E-state index contributed by atoms with van der Waals surface area (Å²) in [5.74, 6) is 0.524. The van der Waals surface area contributed by atoms with Crippen LogP contribution in [0.1, 0.15) is 12.5 Å². The Morgan fingerprint density at radius 1 is 0.935 bits per heavy atom. The summed E-state index contributed by atoms with van der Waals surface area (Å²) >= 11 is 1.40. The van der Waals surface area contributed by atoms with E-state index < -0.39 is 0 Å². The Morgan fingerprint density at radius 2 is 1.61 bits per heavy atom. The first-order valence-corrected chi connectivity index (χ1v) is 10.9. The molecule has 0 aliphatic rings. The van der Waals surface area contributed by atoms with Gasteiger partial charge in [0.25, 0.3) is 0 Å². The quantitative estimate of drug-likeness (QED) is 0.342. The van der Waals surface area contributed by atoms with Crippen LogP contribution in [0.4, 0.5) is 5.13 Å². The number of benzene rings is 3. The lowest BCUT2D eigenvalue weighted by Gasteiger charge is -2.06. The van der Waals surface area contributed by atoms with Gasteiger partial charge in [-0.25, -0.2) is 4.98 Å². The standard InChI is InChI=1S/C26H22N2O2S/c1-2-30-24-11-7-6-10-22(24)16-17-25(29)28-26-27-23(18-31-26)21-14-12-20(13-15-21)19-8-4-3-5-9-19/h3-18H,2H2,1H3,(H,27,28,29). The Hall–Kier alpha value is -3.70. The molecule has 0 saturated heterocycles. The molecule has 1 N–H and O–H groups in total. The number of para-hydroxylation sites is 1. The van der Waals surface area contributed by atoms with Gasteiger partial charge in [-0.15, -0.1) is 11.3 Å². The fourth-order valence-electron chi connectivity index (χ4n) is 3.15. The van der Waals surface area contributed by atoms with Crippen LogP contribution in [0.25, 0.3) is 28.5 Å². The molecule has 0 atom stereocenters. The van der Waals surface area contributed by atoms with Crippen molar-refractivity contribution in [1.82, 2.24) is 4.98 Å². The fraction of sp³-hybridized carbons (Fsp3) is 0.0769. The molecule has 4 rings (SSSR count). The molecule has 1 heterocycles. The average molecular weight is 427 g/mol. The van der Waals surface area contributed by atoms with Crippen molar-refractivity contribution in [3.8, 4) is 28.1 Å². The van der Waals surface area contributed by atoms with Gasteiger partial charge in [0.1, 0.15) is 5.75 Å². The molecule has 0 fully saturated rings. The molecular weight excluding hydrogens is 404 g/mol. The van der Waals surface area contributed by atoms with E-state index in [1.54, 1.807) is 6.08 Å². The molecule has 0 bridgehead atoms. The molecule has 31 heavy (non-hydrogen) atoms. The highest BCUT2D eigenvalue weighted by molar-refractivity contribution is 7.14. The van der Waals surface area contributed by atoms with Crippen LogP contribution in [0.3, 0.4) is 0 Å². The predicted octanol–water partition coefficient (Wildman–Crippen LogP) is 6.53. The average Bonchev–Trinajstić information content (AvgIpc) is 3.28. The first-order valence-electron chi connectivity index (χ1n) is 10.0. The summed E-state index contributed by atoms with van der Waals surface area (Å²) < 4.78 is 5.58. The third-order valence-electron chi connectivity index (χ3n) is 4.66. The number of rotatable bonds is 7. The number of carbonyl (C=O) groups is 1. The van der Waals surface area contributed by atoms with E-state index in [-0.39, 0.29) is 5.91 Å². The Bertz CT molecular complexity index is 1180. The molecule has 4 aromatic rings. The van der Waals surface area contributed by atoms with Crippen LogP contribution in [0.2, 0.25) is 0 Å². The fourth-order valence-corrected chi connectivity index (χ4v) is 3.87. The molecule has 0 aliphatic carbocycles. The molecular formula is C26H22N2O2S. The van der Waals surface area contributed by atoms with Crippen LogP contribution in [0, 0.1) is 0 Å². The molecule has 5 heteroatoms. The smallest absolute Gasteiger partial charge is 0.250 e. The van der Waals surface area contributed by atoms with Gasteiger partial charge in [-0.2, -0.15) is 0 Å². The van der Waals surface area contributed by atoms with Gasteiger partial charge in [-0.1, -0.05) is 72.8 Å². The van der Waals surface area contributed by atoms with Crippen molar-refractivity contribution in [3.05, 3.63) is 95.9 Å². The number of nitrogens with zero attached hydrogens (tertiary/aromatic N) is 1. The summed E-state index contributed by atoms with van der Waals surface area (Å²) in [5.41, 5.74) is 5.05. The zero-order valence-electron chi connectivity index (χ0n) is 17.1. The molecule has 3 aromatic carbocycles. The second-order valence-electron chi connectivity index (χ2n) is 6.77. The number of thiazole rings is 1. The molecule has 1 aromatic heterocycles. The number of carbonyl (C=O) groups excluding carboxylic acids is 1. The number of ether oxygens (including phenoxy) is 1. The predicted molar refractivity (Wildman–Crippen MR) is 128 cm³/mol. The van der Waals surface area contributed by atoms with Gasteiger partial charge >= 0.3 is 0 Å². The van der Waals surface area contributed by atoms with Crippen LogP contribution < -0.4 is 10.1 Å². The van der Waals surface area contributed by atoms with E-state index in [0.29, 0.717) is 11.7 Å². The zero-order chi connectivity index (χ0) is 21.5. The SMILES string of the molecule is CCOc1ccccc1C=CC(=O)Nc1nc(-c2ccc(-c3ccccc3)cc2)cs1. The number of anilines is 1. The Morgan fingerprint density at radius 3 is 2.39 bits per heavy atom. The van der Waals surface area contributed by atoms with Gasteiger partial charge in [0.05, 0.1) is 12.3 Å². The van der Waals surface area contributed by atoms with Crippen molar-refractivity contribution in [2.45, 2.75) is 6.92 Å². The largest absolute Gasteiger partial charge is 0.493 e. The second kappa shape index (κ2) is 9.87. The number of nitrogens with one attached hydrogen (secondary N) is 1. The lowest BCUT2D eigenvalue weighted by molar-refractivity contribution is -0.111. The van der Waals surface area contributed by atoms with Gasteiger partial charge in [0, 0.05) is 22.6 Å². The molecule has 0 saturated carbocycles. The van der Waals surface area contributed by atoms with E-state index in [2.05, 4.69) is 34.6 Å². The first-order chi connectivity index (χ1) is 15.2. The maximum atomic E-state index is 12.3. The van der Waals surface area contributed by atoms with E-state index in [1.807, 2.05) is 66.9 Å².